The molecule has 0 saturated carbocycles. The van der Waals surface area contributed by atoms with Crippen LogP contribution in [0.15, 0.2) is 6.20 Å². The van der Waals surface area contributed by atoms with Gasteiger partial charge in [-0.25, -0.2) is 0 Å². The number of pyridine rings is 1. The first kappa shape index (κ1) is 9.99. The summed E-state index contributed by atoms with van der Waals surface area (Å²) in [5.74, 6) is 0.364. The van der Waals surface area contributed by atoms with Crippen molar-refractivity contribution in [3.63, 3.8) is 0 Å². The predicted octanol–water partition coefficient (Wildman–Crippen LogP) is 1.69. The molecule has 0 aliphatic heterocycles. The van der Waals surface area contributed by atoms with Crippen molar-refractivity contribution in [3.8, 4) is 5.75 Å². The summed E-state index contributed by atoms with van der Waals surface area (Å²) >= 11 is 5.53. The molecule has 1 aromatic rings. The maximum Gasteiger partial charge on any atom is 0.154 e. The molecule has 0 amide bonds. The van der Waals surface area contributed by atoms with E-state index < -0.39 is 0 Å². The predicted molar refractivity (Wildman–Crippen MR) is 50.5 cm³/mol. The van der Waals surface area contributed by atoms with Crippen molar-refractivity contribution in [2.24, 2.45) is 0 Å². The lowest BCUT2D eigenvalue weighted by Gasteiger charge is -2.05. The van der Waals surface area contributed by atoms with E-state index in [9.17, 15) is 9.90 Å². The van der Waals surface area contributed by atoms with Crippen molar-refractivity contribution < 1.29 is 9.90 Å². The number of aryl methyl sites for hydroxylation is 2. The fraction of sp³-hybridized carbons (Fsp3) is 0.333. The van der Waals surface area contributed by atoms with Crippen molar-refractivity contribution >= 4 is 17.9 Å². The van der Waals surface area contributed by atoms with E-state index in [4.69, 9.17) is 11.6 Å². The largest absolute Gasteiger partial charge is 0.505 e. The number of nitrogens with zero attached hydrogens (tertiary/aromatic N) is 1. The molecule has 1 heterocycles. The van der Waals surface area contributed by atoms with Crippen LogP contribution in [-0.2, 0) is 6.42 Å². The van der Waals surface area contributed by atoms with Gasteiger partial charge >= 0.3 is 0 Å². The van der Waals surface area contributed by atoms with E-state index in [1.54, 1.807) is 13.1 Å². The second-order valence-electron chi connectivity index (χ2n) is 2.69. The van der Waals surface area contributed by atoms with Gasteiger partial charge in [-0.1, -0.05) is 0 Å². The van der Waals surface area contributed by atoms with Gasteiger partial charge in [0.25, 0.3) is 0 Å². The van der Waals surface area contributed by atoms with E-state index in [2.05, 4.69) is 4.98 Å². The van der Waals surface area contributed by atoms with Gasteiger partial charge in [-0.05, 0) is 18.9 Å². The van der Waals surface area contributed by atoms with Gasteiger partial charge in [-0.3, -0.25) is 9.78 Å². The lowest BCUT2D eigenvalue weighted by molar-refractivity contribution is 0.112. The molecule has 13 heavy (non-hydrogen) atoms. The average Bonchev–Trinajstić information content (AvgIpc) is 2.12. The van der Waals surface area contributed by atoms with Crippen LogP contribution in [0.2, 0.25) is 0 Å². The van der Waals surface area contributed by atoms with Crippen LogP contribution < -0.4 is 0 Å². The maximum absolute atomic E-state index is 10.6. The lowest BCUT2D eigenvalue weighted by Crippen LogP contribution is -1.98. The van der Waals surface area contributed by atoms with Crippen molar-refractivity contribution in [3.05, 3.63) is 23.0 Å². The highest BCUT2D eigenvalue weighted by Gasteiger charge is 2.09. The molecule has 1 N–H and O–H groups in total. The van der Waals surface area contributed by atoms with Gasteiger partial charge in [0.2, 0.25) is 0 Å². The summed E-state index contributed by atoms with van der Waals surface area (Å²) in [5.41, 5.74) is 1.45. The molecule has 0 spiro atoms. The molecule has 0 unspecified atom stereocenters. The number of hydrogen-bond donors (Lipinski definition) is 1. The Morgan fingerprint density at radius 1 is 1.69 bits per heavy atom. The fourth-order valence-electron chi connectivity index (χ4n) is 1.08. The molecule has 0 atom stereocenters. The van der Waals surface area contributed by atoms with E-state index in [1.165, 1.54) is 0 Å². The van der Waals surface area contributed by atoms with Crippen LogP contribution >= 0.6 is 11.6 Å². The number of hydrogen-bond acceptors (Lipinski definition) is 3. The molecular weight excluding hydrogens is 190 g/mol. The molecule has 4 heteroatoms. The van der Waals surface area contributed by atoms with Gasteiger partial charge in [0.05, 0.1) is 11.3 Å². The first-order valence-corrected chi connectivity index (χ1v) is 4.42. The molecule has 0 radical (unpaired) electrons. The van der Waals surface area contributed by atoms with Crippen LogP contribution in [0.3, 0.4) is 0 Å². The standard InChI is InChI=1S/C9H10ClNO2/c1-6-9(13)8(5-12)7(2-3-10)4-11-6/h4-5,13H,2-3H2,1H3. The Hall–Kier alpha value is -1.09. The summed E-state index contributed by atoms with van der Waals surface area (Å²) in [7, 11) is 0. The zero-order valence-electron chi connectivity index (χ0n) is 7.25. The Morgan fingerprint density at radius 3 is 2.92 bits per heavy atom. The highest BCUT2D eigenvalue weighted by molar-refractivity contribution is 6.18. The first-order valence-electron chi connectivity index (χ1n) is 3.89. The minimum atomic E-state index is -0.0439. The zero-order chi connectivity index (χ0) is 9.84. The molecule has 1 rings (SSSR count). The van der Waals surface area contributed by atoms with E-state index in [0.717, 1.165) is 0 Å². The molecule has 0 aliphatic rings. The quantitative estimate of drug-likeness (QED) is 0.596. The topological polar surface area (TPSA) is 50.2 Å². The summed E-state index contributed by atoms with van der Waals surface area (Å²) < 4.78 is 0. The summed E-state index contributed by atoms with van der Waals surface area (Å²) in [6, 6.07) is 0. The van der Waals surface area contributed by atoms with Crippen LogP contribution in [0.5, 0.6) is 5.75 Å². The molecule has 0 saturated heterocycles. The fourth-order valence-corrected chi connectivity index (χ4v) is 1.29. The normalized spacial score (nSPS) is 10.0. The summed E-state index contributed by atoms with van der Waals surface area (Å²) in [4.78, 5) is 14.6. The highest BCUT2D eigenvalue weighted by atomic mass is 35.5. The monoisotopic (exact) mass is 199 g/mol. The number of carbonyl (C=O) groups excluding carboxylic acids is 1. The van der Waals surface area contributed by atoms with Gasteiger partial charge < -0.3 is 5.11 Å². The van der Waals surface area contributed by atoms with Crippen LogP contribution in [-0.4, -0.2) is 22.3 Å². The van der Waals surface area contributed by atoms with Crippen LogP contribution in [0, 0.1) is 6.92 Å². The highest BCUT2D eigenvalue weighted by Crippen LogP contribution is 2.22. The van der Waals surface area contributed by atoms with E-state index in [-0.39, 0.29) is 5.75 Å². The second kappa shape index (κ2) is 4.23. The molecular formula is C9H10ClNO2. The summed E-state index contributed by atoms with van der Waals surface area (Å²) in [6.45, 7) is 1.65. The Kier molecular flexibility index (Phi) is 3.25. The van der Waals surface area contributed by atoms with E-state index >= 15 is 0 Å². The molecule has 0 aliphatic carbocycles. The van der Waals surface area contributed by atoms with Gasteiger partial charge in [-0.15, -0.1) is 11.6 Å². The summed E-state index contributed by atoms with van der Waals surface area (Å²) in [6.07, 6.45) is 2.74. The third-order valence-corrected chi connectivity index (χ3v) is 2.03. The number of carbonyl (C=O) groups is 1. The van der Waals surface area contributed by atoms with Gasteiger partial charge in [0, 0.05) is 12.1 Å². The van der Waals surface area contributed by atoms with Crippen LogP contribution in [0.4, 0.5) is 0 Å². The van der Waals surface area contributed by atoms with Crippen LogP contribution in [0.25, 0.3) is 0 Å². The van der Waals surface area contributed by atoms with Crippen molar-refractivity contribution in [2.45, 2.75) is 13.3 Å². The number of aromatic nitrogens is 1. The zero-order valence-corrected chi connectivity index (χ0v) is 8.01. The van der Waals surface area contributed by atoms with E-state index in [1.807, 2.05) is 0 Å². The lowest BCUT2D eigenvalue weighted by atomic mass is 10.1. The second-order valence-corrected chi connectivity index (χ2v) is 3.07. The number of aldehydes is 1. The third-order valence-electron chi connectivity index (χ3n) is 1.84. The Morgan fingerprint density at radius 2 is 2.38 bits per heavy atom. The Balaban J connectivity index is 3.21. The number of halogens is 1. The van der Waals surface area contributed by atoms with E-state index in [0.29, 0.717) is 35.4 Å². The van der Waals surface area contributed by atoms with Gasteiger partial charge in [0.1, 0.15) is 5.75 Å². The SMILES string of the molecule is Cc1ncc(CCCl)c(C=O)c1O. The Bertz CT molecular complexity index is 326. The van der Waals surface area contributed by atoms with Crippen molar-refractivity contribution in [1.82, 2.24) is 4.98 Å². The van der Waals surface area contributed by atoms with Gasteiger partial charge in [-0.2, -0.15) is 0 Å². The number of alkyl halides is 1. The molecule has 3 nitrogen and oxygen atoms in total. The van der Waals surface area contributed by atoms with Crippen LogP contribution in [0.1, 0.15) is 21.6 Å². The third kappa shape index (κ3) is 1.98. The minimum absolute atomic E-state index is 0.0439. The average molecular weight is 200 g/mol. The Labute approximate surface area is 81.4 Å². The van der Waals surface area contributed by atoms with Crippen molar-refractivity contribution in [1.29, 1.82) is 0 Å². The molecule has 0 fully saturated rings. The minimum Gasteiger partial charge on any atom is -0.505 e. The summed E-state index contributed by atoms with van der Waals surface area (Å²) in [5, 5.41) is 9.47. The van der Waals surface area contributed by atoms with Gasteiger partial charge in [0.15, 0.2) is 6.29 Å². The molecule has 0 aromatic carbocycles. The smallest absolute Gasteiger partial charge is 0.154 e. The number of rotatable bonds is 3. The van der Waals surface area contributed by atoms with Crippen molar-refractivity contribution in [2.75, 3.05) is 5.88 Å². The molecule has 0 bridgehead atoms. The maximum atomic E-state index is 10.6. The number of aromatic hydroxyl groups is 1. The first-order chi connectivity index (χ1) is 6.20. The molecule has 70 valence electrons. The molecule has 1 aromatic heterocycles.